The maximum atomic E-state index is 13.7. The summed E-state index contributed by atoms with van der Waals surface area (Å²) in [4.78, 5) is 69.3. The van der Waals surface area contributed by atoms with E-state index in [-0.39, 0.29) is 40.4 Å². The summed E-state index contributed by atoms with van der Waals surface area (Å²) in [5.41, 5.74) is 16.9. The molecule has 0 saturated heterocycles. The molecule has 17 heteroatoms. The smallest absolute Gasteiger partial charge is 0.266 e. The molecule has 0 spiro atoms. The highest BCUT2D eigenvalue weighted by Crippen LogP contribution is 2.27. The molecule has 74 heavy (non-hydrogen) atoms. The molecule has 1 unspecified atom stereocenters. The average Bonchev–Trinajstić information content (AvgIpc) is 3.87. The minimum Gasteiger partial charge on any atom is -0.368 e. The predicted octanol–water partition coefficient (Wildman–Crippen LogP) is 10.9. The van der Waals surface area contributed by atoms with Crippen LogP contribution in [-0.2, 0) is 11.8 Å². The largest absolute Gasteiger partial charge is 0.368 e. The fourth-order valence-electron chi connectivity index (χ4n) is 9.16. The lowest BCUT2D eigenvalue weighted by Crippen LogP contribution is -2.28. The number of aryl methyl sites for hydroxylation is 6. The minimum atomic E-state index is -0.381. The summed E-state index contributed by atoms with van der Waals surface area (Å²) in [5.74, 6) is 2.67. The second kappa shape index (κ2) is 21.3. The average molecular weight is 1020 g/mol. The standard InChI is InChI=1S/C23H22N8O.2C17H15ClN2O/c1-12-7-4-5-10-16(12)31-21(28-15-9-6-8-13(2)17(15)22(31)32)14(3)27-20-18-19(26-11-25-18)29-23(24)30-20;2*1-11-6-3-4-9-14(11)20-15(10-18)19-13-8-5-7-12(2)16(13)17(20)21/h4-11,14H,1-3H3,(H4,24,25,26,27,29,30);2*3-9H,10H2,1-2H3. The Labute approximate surface area is 435 Å². The molecular weight excluding hydrogens is 972 g/mol. The van der Waals surface area contributed by atoms with Gasteiger partial charge in [-0.1, -0.05) is 91.0 Å². The molecule has 0 fully saturated rings. The molecule has 0 aliphatic carbocycles. The Morgan fingerprint density at radius 3 is 1.34 bits per heavy atom. The van der Waals surface area contributed by atoms with Crippen LogP contribution in [0.4, 0.5) is 11.8 Å². The van der Waals surface area contributed by atoms with Crippen molar-refractivity contribution >= 4 is 78.8 Å². The van der Waals surface area contributed by atoms with Crippen molar-refractivity contribution in [1.82, 2.24) is 48.6 Å². The molecule has 0 saturated carbocycles. The highest BCUT2D eigenvalue weighted by atomic mass is 35.5. The third-order valence-corrected chi connectivity index (χ3v) is 13.3. The van der Waals surface area contributed by atoms with Crippen LogP contribution in [0.2, 0.25) is 0 Å². The lowest BCUT2D eigenvalue weighted by Gasteiger charge is -2.21. The number of imidazole rings is 1. The fourth-order valence-corrected chi connectivity index (χ4v) is 9.52. The van der Waals surface area contributed by atoms with Crippen LogP contribution in [0.3, 0.4) is 0 Å². The number of hydrogen-bond donors (Lipinski definition) is 3. The number of aromatic nitrogens is 10. The molecule has 0 radical (unpaired) electrons. The first-order chi connectivity index (χ1) is 35.7. The number of fused-ring (bicyclic) bond motifs is 4. The molecule has 5 aromatic heterocycles. The SMILES string of the molecule is Cc1ccccc1-n1c(C(C)Nc2nc(N)nc3nc[nH]c23)nc2cccc(C)c2c1=O.Cc1ccccc1-n1c(CCl)nc2cccc(C)c2c1=O.Cc1ccccc1-n1c(CCl)nc2cccc(C)c2c1=O. The van der Waals surface area contributed by atoms with Crippen molar-refractivity contribution in [2.24, 2.45) is 0 Å². The molecule has 5 heterocycles. The molecule has 4 N–H and O–H groups in total. The van der Waals surface area contributed by atoms with Gasteiger partial charge in [-0.3, -0.25) is 28.1 Å². The number of nitrogens with two attached hydrogens (primary N) is 1. The van der Waals surface area contributed by atoms with Crippen LogP contribution in [0.1, 0.15) is 63.8 Å². The molecule has 0 aliphatic rings. The summed E-state index contributed by atoms with van der Waals surface area (Å²) >= 11 is 12.0. The summed E-state index contributed by atoms with van der Waals surface area (Å²) in [5, 5.41) is 5.24. The Kier molecular flexibility index (Phi) is 14.5. The predicted molar refractivity (Wildman–Crippen MR) is 298 cm³/mol. The molecule has 372 valence electrons. The van der Waals surface area contributed by atoms with E-state index in [1.165, 1.54) is 6.33 Å². The van der Waals surface area contributed by atoms with Gasteiger partial charge in [0.15, 0.2) is 11.5 Å². The molecule has 0 aliphatic heterocycles. The maximum absolute atomic E-state index is 13.7. The van der Waals surface area contributed by atoms with Gasteiger partial charge >= 0.3 is 0 Å². The molecule has 0 amide bonds. The number of rotatable bonds is 8. The van der Waals surface area contributed by atoms with E-state index in [4.69, 9.17) is 33.9 Å². The molecule has 1 atom stereocenters. The Morgan fingerprint density at radius 1 is 0.514 bits per heavy atom. The summed E-state index contributed by atoms with van der Waals surface area (Å²) in [6, 6.07) is 39.9. The molecular formula is C57H52Cl2N12O3. The summed E-state index contributed by atoms with van der Waals surface area (Å²) in [6.07, 6.45) is 1.54. The van der Waals surface area contributed by atoms with Gasteiger partial charge in [0.1, 0.15) is 23.0 Å². The first-order valence-corrected chi connectivity index (χ1v) is 24.8. The van der Waals surface area contributed by atoms with Gasteiger partial charge in [-0.2, -0.15) is 9.97 Å². The number of nitrogen functional groups attached to an aromatic ring is 1. The number of hydrogen-bond acceptors (Lipinski definition) is 11. The normalized spacial score (nSPS) is 11.6. The fraction of sp³-hybridized carbons (Fsp3) is 0.175. The van der Waals surface area contributed by atoms with Crippen molar-refractivity contribution in [3.05, 3.63) is 216 Å². The van der Waals surface area contributed by atoms with Crippen molar-refractivity contribution in [2.45, 2.75) is 66.3 Å². The summed E-state index contributed by atoms with van der Waals surface area (Å²) in [6.45, 7) is 13.6. The summed E-state index contributed by atoms with van der Waals surface area (Å²) in [7, 11) is 0. The van der Waals surface area contributed by atoms with Crippen LogP contribution in [0, 0.1) is 41.5 Å². The zero-order chi connectivity index (χ0) is 52.4. The number of benzene rings is 6. The third-order valence-electron chi connectivity index (χ3n) is 12.8. The van der Waals surface area contributed by atoms with Crippen molar-refractivity contribution in [2.75, 3.05) is 11.1 Å². The van der Waals surface area contributed by atoms with Gasteiger partial charge in [0, 0.05) is 0 Å². The van der Waals surface area contributed by atoms with E-state index in [1.54, 1.807) is 13.7 Å². The second-order valence-corrected chi connectivity index (χ2v) is 18.4. The van der Waals surface area contributed by atoms with Gasteiger partial charge in [-0.15, -0.1) is 23.2 Å². The number of para-hydroxylation sites is 3. The van der Waals surface area contributed by atoms with Crippen molar-refractivity contribution in [3.63, 3.8) is 0 Å². The molecule has 11 rings (SSSR count). The number of nitrogens with zero attached hydrogens (tertiary/aromatic N) is 9. The van der Waals surface area contributed by atoms with Gasteiger partial charge in [-0.25, -0.2) is 19.9 Å². The minimum absolute atomic E-state index is 0.0666. The van der Waals surface area contributed by atoms with Gasteiger partial charge in [0.2, 0.25) is 5.95 Å². The third kappa shape index (κ3) is 9.62. The Hall–Kier alpha value is -8.53. The molecule has 15 nitrogen and oxygen atoms in total. The van der Waals surface area contributed by atoms with Gasteiger partial charge in [0.05, 0.1) is 73.9 Å². The van der Waals surface area contributed by atoms with E-state index < -0.39 is 0 Å². The zero-order valence-corrected chi connectivity index (χ0v) is 43.3. The Morgan fingerprint density at radius 2 is 0.905 bits per heavy atom. The first-order valence-electron chi connectivity index (χ1n) is 23.8. The molecule has 6 aromatic carbocycles. The van der Waals surface area contributed by atoms with E-state index in [0.29, 0.717) is 67.2 Å². The van der Waals surface area contributed by atoms with E-state index >= 15 is 0 Å². The van der Waals surface area contributed by atoms with E-state index in [2.05, 4.69) is 35.2 Å². The Balaban J connectivity index is 0.000000141. The quantitative estimate of drug-likeness (QED) is 0.122. The lowest BCUT2D eigenvalue weighted by molar-refractivity contribution is 0.730. The van der Waals surface area contributed by atoms with Crippen LogP contribution in [0.25, 0.3) is 60.9 Å². The van der Waals surface area contributed by atoms with Gasteiger partial charge < -0.3 is 16.0 Å². The van der Waals surface area contributed by atoms with Gasteiger partial charge in [-0.05, 0) is 118 Å². The number of anilines is 2. The van der Waals surface area contributed by atoms with Crippen LogP contribution in [0.15, 0.2) is 148 Å². The lowest BCUT2D eigenvalue weighted by atomic mass is 10.1. The van der Waals surface area contributed by atoms with Crippen molar-refractivity contribution in [3.8, 4) is 17.1 Å². The monoisotopic (exact) mass is 1020 g/mol. The number of H-pyrrole nitrogens is 1. The van der Waals surface area contributed by atoms with Crippen molar-refractivity contribution in [1.29, 1.82) is 0 Å². The van der Waals surface area contributed by atoms with E-state index in [1.807, 2.05) is 176 Å². The van der Waals surface area contributed by atoms with Gasteiger partial charge in [0.25, 0.3) is 16.7 Å². The van der Waals surface area contributed by atoms with Crippen LogP contribution in [-0.4, -0.2) is 48.6 Å². The zero-order valence-electron chi connectivity index (χ0n) is 41.8. The number of halogens is 2. The topological polar surface area (TPSA) is 197 Å². The van der Waals surface area contributed by atoms with Crippen molar-refractivity contribution < 1.29 is 0 Å². The molecule has 11 aromatic rings. The van der Waals surface area contributed by atoms with Crippen LogP contribution < -0.4 is 27.7 Å². The maximum Gasteiger partial charge on any atom is 0.266 e. The first kappa shape index (κ1) is 50.4. The Bertz CT molecular complexity index is 3980. The van der Waals surface area contributed by atoms with E-state index in [0.717, 1.165) is 50.4 Å². The highest BCUT2D eigenvalue weighted by molar-refractivity contribution is 6.17. The highest BCUT2D eigenvalue weighted by Gasteiger charge is 2.22. The van der Waals surface area contributed by atoms with Crippen LogP contribution >= 0.6 is 23.2 Å². The number of nitrogens with one attached hydrogen (secondary N) is 2. The van der Waals surface area contributed by atoms with Crippen LogP contribution in [0.5, 0.6) is 0 Å². The number of alkyl halides is 2. The summed E-state index contributed by atoms with van der Waals surface area (Å²) < 4.78 is 4.92. The number of aromatic amines is 1. The second-order valence-electron chi connectivity index (χ2n) is 17.9. The molecule has 0 bridgehead atoms. The van der Waals surface area contributed by atoms with E-state index in [9.17, 15) is 14.4 Å².